The molecule has 0 fully saturated rings. The molecule has 1 rings (SSSR count). The van der Waals surface area contributed by atoms with Crippen LogP contribution < -0.4 is 10.6 Å². The van der Waals surface area contributed by atoms with Gasteiger partial charge in [-0.25, -0.2) is 9.59 Å². The van der Waals surface area contributed by atoms with Crippen LogP contribution in [0.5, 0.6) is 0 Å². The topological polar surface area (TPSA) is 93.7 Å². The van der Waals surface area contributed by atoms with Crippen LogP contribution in [0.2, 0.25) is 0 Å². The standard InChI is InChI=1S/C21H32N2O5/c1-14(2)11-17(19(24)22-18(12-15(3)4)20(25)27-5)23-21(26)28-13-16-9-7-6-8-10-16/h6-10,14-15,17-18H,11-13H2,1-5H3,(H,22,24)(H,23,26). The number of benzene rings is 1. The maximum atomic E-state index is 12.7. The zero-order valence-corrected chi connectivity index (χ0v) is 17.4. The SMILES string of the molecule is COC(=O)C(CC(C)C)NC(=O)C(CC(C)C)NC(=O)OCc1ccccc1. The fraction of sp³-hybridized carbons (Fsp3) is 0.571. The van der Waals surface area contributed by atoms with E-state index >= 15 is 0 Å². The van der Waals surface area contributed by atoms with Gasteiger partial charge < -0.3 is 20.1 Å². The van der Waals surface area contributed by atoms with Crippen molar-refractivity contribution in [1.82, 2.24) is 10.6 Å². The molecule has 0 spiro atoms. The molecule has 28 heavy (non-hydrogen) atoms. The van der Waals surface area contributed by atoms with Crippen molar-refractivity contribution in [2.75, 3.05) is 7.11 Å². The van der Waals surface area contributed by atoms with Crippen molar-refractivity contribution in [3.05, 3.63) is 35.9 Å². The summed E-state index contributed by atoms with van der Waals surface area (Å²) in [6, 6.07) is 7.72. The number of alkyl carbamates (subject to hydrolysis) is 1. The average molecular weight is 392 g/mol. The van der Waals surface area contributed by atoms with E-state index < -0.39 is 30.1 Å². The molecule has 0 heterocycles. The molecule has 156 valence electrons. The molecule has 7 nitrogen and oxygen atoms in total. The number of ether oxygens (including phenoxy) is 2. The van der Waals surface area contributed by atoms with Gasteiger partial charge in [0.25, 0.3) is 0 Å². The summed E-state index contributed by atoms with van der Waals surface area (Å²) >= 11 is 0. The van der Waals surface area contributed by atoms with Crippen LogP contribution in [0.1, 0.15) is 46.1 Å². The van der Waals surface area contributed by atoms with E-state index in [-0.39, 0.29) is 18.4 Å². The quantitative estimate of drug-likeness (QED) is 0.597. The highest BCUT2D eigenvalue weighted by molar-refractivity contribution is 5.89. The number of carbonyl (C=O) groups excluding carboxylic acids is 3. The fourth-order valence-corrected chi connectivity index (χ4v) is 2.71. The molecule has 2 unspecified atom stereocenters. The number of methoxy groups -OCH3 is 1. The molecule has 0 bridgehead atoms. The summed E-state index contributed by atoms with van der Waals surface area (Å²) in [7, 11) is 1.28. The van der Waals surface area contributed by atoms with E-state index in [0.29, 0.717) is 12.8 Å². The van der Waals surface area contributed by atoms with Crippen LogP contribution in [0.3, 0.4) is 0 Å². The van der Waals surface area contributed by atoms with E-state index in [1.165, 1.54) is 7.11 Å². The Balaban J connectivity index is 2.72. The first-order valence-electron chi connectivity index (χ1n) is 9.58. The Bertz CT molecular complexity index is 631. The summed E-state index contributed by atoms with van der Waals surface area (Å²) in [6.07, 6.45) is 0.191. The van der Waals surface area contributed by atoms with Gasteiger partial charge in [-0.05, 0) is 30.2 Å². The van der Waals surface area contributed by atoms with Crippen molar-refractivity contribution in [3.8, 4) is 0 Å². The van der Waals surface area contributed by atoms with Crippen molar-refractivity contribution in [3.63, 3.8) is 0 Å². The van der Waals surface area contributed by atoms with Crippen molar-refractivity contribution in [2.24, 2.45) is 11.8 Å². The molecule has 2 amide bonds. The summed E-state index contributed by atoms with van der Waals surface area (Å²) < 4.78 is 9.98. The first-order chi connectivity index (χ1) is 13.2. The van der Waals surface area contributed by atoms with Crippen LogP contribution >= 0.6 is 0 Å². The average Bonchev–Trinajstić information content (AvgIpc) is 2.64. The number of rotatable bonds is 10. The molecule has 2 N–H and O–H groups in total. The first kappa shape index (κ1) is 23.5. The van der Waals surface area contributed by atoms with Gasteiger partial charge in [-0.15, -0.1) is 0 Å². The van der Waals surface area contributed by atoms with E-state index in [4.69, 9.17) is 9.47 Å². The van der Waals surface area contributed by atoms with Crippen molar-refractivity contribution in [1.29, 1.82) is 0 Å². The lowest BCUT2D eigenvalue weighted by molar-refractivity contribution is -0.145. The Morgan fingerprint density at radius 3 is 2.00 bits per heavy atom. The smallest absolute Gasteiger partial charge is 0.408 e. The molecule has 0 aromatic heterocycles. The number of carbonyl (C=O) groups is 3. The Morgan fingerprint density at radius 2 is 1.46 bits per heavy atom. The van der Waals surface area contributed by atoms with Gasteiger partial charge in [0.15, 0.2) is 0 Å². The number of hydrogen-bond acceptors (Lipinski definition) is 5. The molecular formula is C21H32N2O5. The lowest BCUT2D eigenvalue weighted by atomic mass is 10.0. The Hall–Kier alpha value is -2.57. The maximum Gasteiger partial charge on any atom is 0.408 e. The molecule has 0 aliphatic carbocycles. The van der Waals surface area contributed by atoms with Gasteiger partial charge in [-0.3, -0.25) is 4.79 Å². The van der Waals surface area contributed by atoms with Gasteiger partial charge in [0.2, 0.25) is 5.91 Å². The number of nitrogens with one attached hydrogen (secondary N) is 2. The summed E-state index contributed by atoms with van der Waals surface area (Å²) in [5.41, 5.74) is 0.852. The van der Waals surface area contributed by atoms with Gasteiger partial charge >= 0.3 is 12.1 Å². The molecule has 0 saturated heterocycles. The lowest BCUT2D eigenvalue weighted by Gasteiger charge is -2.24. The summed E-state index contributed by atoms with van der Waals surface area (Å²) in [4.78, 5) is 36.8. The molecule has 7 heteroatoms. The first-order valence-corrected chi connectivity index (χ1v) is 9.58. The van der Waals surface area contributed by atoms with Crippen LogP contribution in [-0.2, 0) is 25.7 Å². The van der Waals surface area contributed by atoms with Crippen LogP contribution in [0.15, 0.2) is 30.3 Å². The third-order valence-corrected chi connectivity index (χ3v) is 4.04. The Morgan fingerprint density at radius 1 is 0.893 bits per heavy atom. The second-order valence-electron chi connectivity index (χ2n) is 7.60. The molecule has 0 aliphatic heterocycles. The zero-order chi connectivity index (χ0) is 21.1. The van der Waals surface area contributed by atoms with Crippen LogP contribution in [0.4, 0.5) is 4.79 Å². The van der Waals surface area contributed by atoms with Crippen LogP contribution in [0, 0.1) is 11.8 Å². The molecule has 0 saturated carbocycles. The maximum absolute atomic E-state index is 12.7. The molecule has 0 radical (unpaired) electrons. The molecular weight excluding hydrogens is 360 g/mol. The monoisotopic (exact) mass is 392 g/mol. The van der Waals surface area contributed by atoms with Crippen molar-refractivity contribution >= 4 is 18.0 Å². The number of esters is 1. The van der Waals surface area contributed by atoms with Gasteiger partial charge in [-0.1, -0.05) is 58.0 Å². The minimum absolute atomic E-state index is 0.112. The fourth-order valence-electron chi connectivity index (χ4n) is 2.71. The number of hydrogen-bond donors (Lipinski definition) is 2. The third kappa shape index (κ3) is 8.88. The minimum Gasteiger partial charge on any atom is -0.467 e. The van der Waals surface area contributed by atoms with E-state index in [9.17, 15) is 14.4 Å². The van der Waals surface area contributed by atoms with Crippen molar-refractivity contribution < 1.29 is 23.9 Å². The van der Waals surface area contributed by atoms with Gasteiger partial charge in [-0.2, -0.15) is 0 Å². The summed E-state index contributed by atoms with van der Waals surface area (Å²) in [5.74, 6) is -0.581. The zero-order valence-electron chi connectivity index (χ0n) is 17.4. The largest absolute Gasteiger partial charge is 0.467 e. The predicted octanol–water partition coefficient (Wildman–Crippen LogP) is 3.03. The molecule has 2 atom stereocenters. The van der Waals surface area contributed by atoms with E-state index in [0.717, 1.165) is 5.56 Å². The normalized spacial score (nSPS) is 13.0. The highest BCUT2D eigenvalue weighted by Gasteiger charge is 2.28. The third-order valence-electron chi connectivity index (χ3n) is 4.04. The van der Waals surface area contributed by atoms with Crippen LogP contribution in [0.25, 0.3) is 0 Å². The summed E-state index contributed by atoms with van der Waals surface area (Å²) in [5, 5.41) is 5.31. The molecule has 1 aromatic carbocycles. The highest BCUT2D eigenvalue weighted by Crippen LogP contribution is 2.10. The van der Waals surface area contributed by atoms with Gasteiger partial charge in [0.05, 0.1) is 7.11 Å². The van der Waals surface area contributed by atoms with Crippen molar-refractivity contribution in [2.45, 2.75) is 59.2 Å². The second kappa shape index (κ2) is 12.0. The van der Waals surface area contributed by atoms with E-state index in [1.54, 1.807) is 0 Å². The Labute approximate surface area is 167 Å². The molecule has 1 aromatic rings. The summed E-state index contributed by atoms with van der Waals surface area (Å²) in [6.45, 7) is 7.91. The van der Waals surface area contributed by atoms with E-state index in [1.807, 2.05) is 58.0 Å². The molecule has 0 aliphatic rings. The van der Waals surface area contributed by atoms with E-state index in [2.05, 4.69) is 10.6 Å². The van der Waals surface area contributed by atoms with Gasteiger partial charge in [0.1, 0.15) is 18.7 Å². The predicted molar refractivity (Wildman–Crippen MR) is 106 cm³/mol. The van der Waals surface area contributed by atoms with Gasteiger partial charge in [0, 0.05) is 0 Å². The number of amides is 2. The highest BCUT2D eigenvalue weighted by atomic mass is 16.5. The van der Waals surface area contributed by atoms with Crippen LogP contribution in [-0.4, -0.2) is 37.2 Å². The lowest BCUT2D eigenvalue weighted by Crippen LogP contribution is -2.52. The second-order valence-corrected chi connectivity index (χ2v) is 7.60. The Kier molecular flexibility index (Phi) is 10.1. The minimum atomic E-state index is -0.803.